The summed E-state index contributed by atoms with van der Waals surface area (Å²) in [6.07, 6.45) is 6.97. The van der Waals surface area contributed by atoms with Crippen LogP contribution in [0, 0.1) is 0 Å². The van der Waals surface area contributed by atoms with E-state index in [1.165, 1.54) is 25.7 Å². The molecular weight excluding hydrogens is 326 g/mol. The molecule has 1 N–H and O–H groups in total. The van der Waals surface area contributed by atoms with E-state index in [9.17, 15) is 4.79 Å². The molecule has 0 aliphatic rings. The quantitative estimate of drug-likeness (QED) is 0.494. The molecule has 0 amide bonds. The van der Waals surface area contributed by atoms with Crippen molar-refractivity contribution in [1.82, 2.24) is 4.98 Å². The SMILES string of the molecule is CCCCCCCc1[nH]c2ccccc2c(=O)c1O[SiH](C)C(C)(C)C. The van der Waals surface area contributed by atoms with Crippen LogP contribution >= 0.6 is 0 Å². The molecule has 138 valence electrons. The smallest absolute Gasteiger partial charge is 0.238 e. The van der Waals surface area contributed by atoms with Gasteiger partial charge in [-0.05, 0) is 36.6 Å². The van der Waals surface area contributed by atoms with Crippen LogP contribution in [0.5, 0.6) is 5.75 Å². The van der Waals surface area contributed by atoms with Gasteiger partial charge in [0.05, 0.1) is 5.69 Å². The second-order valence-electron chi connectivity index (χ2n) is 8.10. The first-order valence-electron chi connectivity index (χ1n) is 9.65. The molecule has 0 bridgehead atoms. The monoisotopic (exact) mass is 359 g/mol. The first-order valence-corrected chi connectivity index (χ1v) is 11.9. The second kappa shape index (κ2) is 8.70. The van der Waals surface area contributed by atoms with E-state index in [-0.39, 0.29) is 10.5 Å². The molecule has 2 aromatic rings. The fourth-order valence-corrected chi connectivity index (χ4v) is 3.78. The van der Waals surface area contributed by atoms with Crippen molar-refractivity contribution in [2.45, 2.75) is 77.8 Å². The number of benzene rings is 1. The molecule has 3 nitrogen and oxygen atoms in total. The molecule has 1 aromatic carbocycles. The molecule has 0 aliphatic carbocycles. The fourth-order valence-electron chi connectivity index (χ4n) is 2.83. The molecule has 0 spiro atoms. The summed E-state index contributed by atoms with van der Waals surface area (Å²) in [5.74, 6) is 0.572. The average molecular weight is 360 g/mol. The largest absolute Gasteiger partial charge is 0.542 e. The number of aryl methyl sites for hydroxylation is 1. The van der Waals surface area contributed by atoms with Crippen LogP contribution in [0.2, 0.25) is 11.6 Å². The topological polar surface area (TPSA) is 42.1 Å². The Labute approximate surface area is 153 Å². The second-order valence-corrected chi connectivity index (χ2v) is 11.3. The Balaban J connectivity index is 2.32. The van der Waals surface area contributed by atoms with Gasteiger partial charge in [-0.15, -0.1) is 0 Å². The summed E-state index contributed by atoms with van der Waals surface area (Å²) in [6.45, 7) is 11.0. The van der Waals surface area contributed by atoms with E-state index in [1.807, 2.05) is 24.3 Å². The van der Waals surface area contributed by atoms with Gasteiger partial charge in [-0.3, -0.25) is 4.79 Å². The summed E-state index contributed by atoms with van der Waals surface area (Å²) in [4.78, 5) is 16.5. The third kappa shape index (κ3) is 5.21. The summed E-state index contributed by atoms with van der Waals surface area (Å²) >= 11 is 0. The molecule has 4 heteroatoms. The molecule has 1 atom stereocenters. The number of aromatic amines is 1. The lowest BCUT2D eigenvalue weighted by Gasteiger charge is -2.27. The van der Waals surface area contributed by atoms with E-state index < -0.39 is 9.04 Å². The van der Waals surface area contributed by atoms with E-state index in [1.54, 1.807) is 0 Å². The third-order valence-electron chi connectivity index (χ3n) is 4.98. The van der Waals surface area contributed by atoms with Crippen molar-refractivity contribution in [2.24, 2.45) is 0 Å². The van der Waals surface area contributed by atoms with E-state index in [0.717, 1.165) is 29.4 Å². The molecule has 0 saturated carbocycles. The number of rotatable bonds is 8. The fraction of sp³-hybridized carbons (Fsp3) is 0.571. The van der Waals surface area contributed by atoms with Gasteiger partial charge in [-0.1, -0.05) is 65.5 Å². The number of fused-ring (bicyclic) bond motifs is 1. The molecule has 25 heavy (non-hydrogen) atoms. The van der Waals surface area contributed by atoms with Crippen molar-refractivity contribution in [3.05, 3.63) is 40.2 Å². The Morgan fingerprint density at radius 3 is 2.44 bits per heavy atom. The van der Waals surface area contributed by atoms with Gasteiger partial charge in [-0.25, -0.2) is 0 Å². The van der Waals surface area contributed by atoms with Crippen LogP contribution in [0.25, 0.3) is 10.9 Å². The Kier molecular flexibility index (Phi) is 6.88. The summed E-state index contributed by atoms with van der Waals surface area (Å²) in [7, 11) is -1.53. The molecule has 1 unspecified atom stereocenters. The number of pyridine rings is 1. The predicted octanol–water partition coefficient (Wildman–Crippen LogP) is 5.57. The molecule has 0 radical (unpaired) electrons. The molecule has 0 aliphatic heterocycles. The highest BCUT2D eigenvalue weighted by molar-refractivity contribution is 6.54. The molecule has 0 saturated heterocycles. The van der Waals surface area contributed by atoms with Crippen LogP contribution in [0.3, 0.4) is 0 Å². The molecule has 0 fully saturated rings. The van der Waals surface area contributed by atoms with Crippen molar-refractivity contribution in [2.75, 3.05) is 0 Å². The molecule has 2 rings (SSSR count). The minimum atomic E-state index is -1.53. The van der Waals surface area contributed by atoms with Gasteiger partial charge in [-0.2, -0.15) is 0 Å². The van der Waals surface area contributed by atoms with Crippen LogP contribution in [-0.4, -0.2) is 14.0 Å². The van der Waals surface area contributed by atoms with Crippen molar-refractivity contribution < 1.29 is 4.43 Å². The third-order valence-corrected chi connectivity index (χ3v) is 8.01. The Morgan fingerprint density at radius 2 is 1.76 bits per heavy atom. The van der Waals surface area contributed by atoms with E-state index >= 15 is 0 Å². The van der Waals surface area contributed by atoms with E-state index in [2.05, 4.69) is 39.2 Å². The summed E-state index contributed by atoms with van der Waals surface area (Å²) in [5.41, 5.74) is 1.93. The highest BCUT2D eigenvalue weighted by atomic mass is 28.3. The van der Waals surface area contributed by atoms with Gasteiger partial charge in [0.1, 0.15) is 0 Å². The average Bonchev–Trinajstić information content (AvgIpc) is 2.57. The number of para-hydroxylation sites is 1. The highest BCUT2D eigenvalue weighted by Crippen LogP contribution is 2.29. The van der Waals surface area contributed by atoms with Crippen molar-refractivity contribution in [3.8, 4) is 5.75 Å². The lowest BCUT2D eigenvalue weighted by molar-refractivity contribution is 0.505. The van der Waals surface area contributed by atoms with Crippen molar-refractivity contribution in [3.63, 3.8) is 0 Å². The van der Waals surface area contributed by atoms with E-state index in [4.69, 9.17) is 4.43 Å². The van der Waals surface area contributed by atoms with Crippen molar-refractivity contribution in [1.29, 1.82) is 0 Å². The first-order chi connectivity index (χ1) is 11.8. The van der Waals surface area contributed by atoms with Gasteiger partial charge >= 0.3 is 0 Å². The van der Waals surface area contributed by atoms with E-state index in [0.29, 0.717) is 5.75 Å². The number of H-pyrrole nitrogens is 1. The number of hydrogen-bond acceptors (Lipinski definition) is 2. The lowest BCUT2D eigenvalue weighted by atomic mass is 10.1. The van der Waals surface area contributed by atoms with Crippen LogP contribution < -0.4 is 9.85 Å². The van der Waals surface area contributed by atoms with Gasteiger partial charge < -0.3 is 9.41 Å². The Morgan fingerprint density at radius 1 is 1.08 bits per heavy atom. The normalized spacial score (nSPS) is 13.2. The van der Waals surface area contributed by atoms with Crippen molar-refractivity contribution >= 4 is 19.9 Å². The van der Waals surface area contributed by atoms with Crippen LogP contribution in [0.1, 0.15) is 65.5 Å². The molecule has 1 heterocycles. The van der Waals surface area contributed by atoms with Crippen LogP contribution in [-0.2, 0) is 6.42 Å². The maximum absolute atomic E-state index is 13.0. The minimum absolute atomic E-state index is 0.0431. The maximum Gasteiger partial charge on any atom is 0.238 e. The van der Waals surface area contributed by atoms with Crippen LogP contribution in [0.15, 0.2) is 29.1 Å². The number of unbranched alkanes of at least 4 members (excludes halogenated alkanes) is 4. The standard InChI is InChI=1S/C21H33NO2Si/c1-6-7-8-9-10-15-18-20(24-25(5)21(2,3)4)19(23)16-13-11-12-14-17(16)22-18/h11-14,25H,6-10,15H2,1-5H3,(H,22,23). The van der Waals surface area contributed by atoms with Crippen LogP contribution in [0.4, 0.5) is 0 Å². The summed E-state index contributed by atoms with van der Waals surface area (Å²) in [6, 6.07) is 7.74. The number of hydrogen-bond donors (Lipinski definition) is 1. The summed E-state index contributed by atoms with van der Waals surface area (Å²) < 4.78 is 6.32. The molecule has 1 aromatic heterocycles. The first kappa shape index (κ1) is 19.8. The zero-order valence-corrected chi connectivity index (χ0v) is 17.6. The highest BCUT2D eigenvalue weighted by Gasteiger charge is 2.26. The molecular formula is C21H33NO2Si. The van der Waals surface area contributed by atoms with Gasteiger partial charge in [0.25, 0.3) is 0 Å². The zero-order valence-electron chi connectivity index (χ0n) is 16.4. The summed E-state index contributed by atoms with van der Waals surface area (Å²) in [5, 5.41) is 0.846. The minimum Gasteiger partial charge on any atom is -0.542 e. The predicted molar refractivity (Wildman–Crippen MR) is 110 cm³/mol. The number of aromatic nitrogens is 1. The number of nitrogens with one attached hydrogen (secondary N) is 1. The zero-order chi connectivity index (χ0) is 18.4. The van der Waals surface area contributed by atoms with Gasteiger partial charge in [0, 0.05) is 10.9 Å². The van der Waals surface area contributed by atoms with Gasteiger partial charge in [0.15, 0.2) is 5.75 Å². The lowest BCUT2D eigenvalue weighted by Crippen LogP contribution is -2.31. The maximum atomic E-state index is 13.0. The van der Waals surface area contributed by atoms with Gasteiger partial charge in [0.2, 0.25) is 14.5 Å². The Bertz CT molecular complexity index is 746. The Hall–Kier alpha value is -1.55.